The fraction of sp³-hybridized carbons (Fsp3) is 0.520. The summed E-state index contributed by atoms with van der Waals surface area (Å²) >= 11 is 6.11. The van der Waals surface area contributed by atoms with Crippen LogP contribution < -0.4 is 14.2 Å². The number of aryl methyl sites for hydroxylation is 2. The second kappa shape index (κ2) is 9.82. The first kappa shape index (κ1) is 24.3. The molecule has 33 heavy (non-hydrogen) atoms. The van der Waals surface area contributed by atoms with Gasteiger partial charge in [-0.25, -0.2) is 13.1 Å². The van der Waals surface area contributed by atoms with Gasteiger partial charge in [0.1, 0.15) is 0 Å². The number of halogens is 1. The van der Waals surface area contributed by atoms with Gasteiger partial charge in [-0.3, -0.25) is 4.90 Å². The summed E-state index contributed by atoms with van der Waals surface area (Å²) in [5, 5.41) is 0.584. The van der Waals surface area contributed by atoms with E-state index in [1.807, 2.05) is 6.92 Å². The standard InChI is InChI=1S/C25H33ClN2O4S/c1-16-14-23(17(2)13-20(16)26)33(29,30)27-10-5-6-11-28-12-9-18-15-22(31-3)25(32-4)19-7-8-21(28)24(18)19/h13-15,21,27H,5-12H2,1-4H3. The van der Waals surface area contributed by atoms with E-state index in [1.54, 1.807) is 33.3 Å². The van der Waals surface area contributed by atoms with Crippen molar-refractivity contribution in [2.45, 2.75) is 56.9 Å². The number of unbranched alkanes of at least 4 members (excludes halogenated alkanes) is 1. The van der Waals surface area contributed by atoms with Crippen LogP contribution in [0.3, 0.4) is 0 Å². The van der Waals surface area contributed by atoms with Crippen molar-refractivity contribution in [1.82, 2.24) is 9.62 Å². The fourth-order valence-corrected chi connectivity index (χ4v) is 6.86. The SMILES string of the molecule is COc1cc2c3c(c1OC)CCC3N(CCCCNS(=O)(=O)c1cc(C)c(Cl)cc1C)CC2. The van der Waals surface area contributed by atoms with Crippen LogP contribution in [-0.4, -0.2) is 47.2 Å². The highest BCUT2D eigenvalue weighted by molar-refractivity contribution is 7.89. The molecule has 0 saturated carbocycles. The molecule has 1 aliphatic heterocycles. The molecular formula is C25H33ClN2O4S. The van der Waals surface area contributed by atoms with Crippen LogP contribution >= 0.6 is 11.6 Å². The highest BCUT2D eigenvalue weighted by atomic mass is 35.5. The average Bonchev–Trinajstić information content (AvgIpc) is 3.23. The summed E-state index contributed by atoms with van der Waals surface area (Å²) in [5.74, 6) is 1.71. The Morgan fingerprint density at radius 2 is 1.88 bits per heavy atom. The van der Waals surface area contributed by atoms with E-state index in [-0.39, 0.29) is 0 Å². The molecule has 1 atom stereocenters. The maximum absolute atomic E-state index is 12.7. The zero-order valence-electron chi connectivity index (χ0n) is 19.8. The van der Waals surface area contributed by atoms with Crippen molar-refractivity contribution < 1.29 is 17.9 Å². The minimum Gasteiger partial charge on any atom is -0.493 e. The second-order valence-electron chi connectivity index (χ2n) is 8.98. The van der Waals surface area contributed by atoms with Gasteiger partial charge in [-0.2, -0.15) is 0 Å². The number of nitrogens with one attached hydrogen (secondary N) is 1. The van der Waals surface area contributed by atoms with E-state index in [1.165, 1.54) is 16.7 Å². The zero-order chi connectivity index (χ0) is 23.8. The largest absolute Gasteiger partial charge is 0.493 e. The maximum Gasteiger partial charge on any atom is 0.240 e. The molecule has 1 N–H and O–H groups in total. The van der Waals surface area contributed by atoms with Gasteiger partial charge >= 0.3 is 0 Å². The van der Waals surface area contributed by atoms with Crippen molar-refractivity contribution >= 4 is 21.6 Å². The van der Waals surface area contributed by atoms with E-state index in [0.717, 1.165) is 62.3 Å². The molecule has 8 heteroatoms. The first-order chi connectivity index (χ1) is 15.8. The predicted molar refractivity (Wildman–Crippen MR) is 131 cm³/mol. The molecule has 2 aromatic carbocycles. The molecular weight excluding hydrogens is 460 g/mol. The molecule has 0 saturated heterocycles. The normalized spacial score (nSPS) is 17.8. The van der Waals surface area contributed by atoms with Crippen LogP contribution in [0.25, 0.3) is 0 Å². The molecule has 0 fully saturated rings. The molecule has 180 valence electrons. The number of nitrogens with zero attached hydrogens (tertiary/aromatic N) is 1. The number of sulfonamides is 1. The average molecular weight is 493 g/mol. The monoisotopic (exact) mass is 492 g/mol. The topological polar surface area (TPSA) is 67.9 Å². The maximum atomic E-state index is 12.7. The minimum atomic E-state index is -3.54. The number of hydrogen-bond donors (Lipinski definition) is 1. The van der Waals surface area contributed by atoms with Crippen molar-refractivity contribution in [1.29, 1.82) is 0 Å². The first-order valence-corrected chi connectivity index (χ1v) is 13.4. The number of ether oxygens (including phenoxy) is 2. The van der Waals surface area contributed by atoms with E-state index in [0.29, 0.717) is 28.1 Å². The van der Waals surface area contributed by atoms with Gasteiger partial charge < -0.3 is 9.47 Å². The molecule has 0 aromatic heterocycles. The lowest BCUT2D eigenvalue weighted by Gasteiger charge is -2.35. The smallest absolute Gasteiger partial charge is 0.240 e. The van der Waals surface area contributed by atoms with Crippen LogP contribution in [-0.2, 0) is 22.9 Å². The fourth-order valence-electron chi connectivity index (χ4n) is 5.26. The van der Waals surface area contributed by atoms with Crippen molar-refractivity contribution in [2.24, 2.45) is 0 Å². The predicted octanol–water partition coefficient (Wildman–Crippen LogP) is 4.58. The third-order valence-corrected chi connectivity index (χ3v) is 8.93. The van der Waals surface area contributed by atoms with Gasteiger partial charge in [0, 0.05) is 29.7 Å². The molecule has 0 radical (unpaired) electrons. The highest BCUT2D eigenvalue weighted by Crippen LogP contribution is 2.48. The summed E-state index contributed by atoms with van der Waals surface area (Å²) in [6.45, 7) is 5.99. The van der Waals surface area contributed by atoms with Crippen LogP contribution in [0, 0.1) is 13.8 Å². The molecule has 2 aromatic rings. The van der Waals surface area contributed by atoms with Gasteiger partial charge in [0.25, 0.3) is 0 Å². The lowest BCUT2D eigenvalue weighted by molar-refractivity contribution is 0.182. The molecule has 1 heterocycles. The van der Waals surface area contributed by atoms with Gasteiger partial charge in [-0.1, -0.05) is 11.6 Å². The van der Waals surface area contributed by atoms with Gasteiger partial charge in [-0.05, 0) is 92.9 Å². The molecule has 1 unspecified atom stereocenters. The van der Waals surface area contributed by atoms with Gasteiger partial charge in [-0.15, -0.1) is 0 Å². The molecule has 0 bridgehead atoms. The van der Waals surface area contributed by atoms with Crippen LogP contribution in [0.15, 0.2) is 23.1 Å². The second-order valence-corrected chi connectivity index (χ2v) is 11.1. The molecule has 1 aliphatic carbocycles. The van der Waals surface area contributed by atoms with Crippen molar-refractivity contribution in [3.63, 3.8) is 0 Å². The molecule has 4 rings (SSSR count). The highest BCUT2D eigenvalue weighted by Gasteiger charge is 2.36. The number of methoxy groups -OCH3 is 2. The minimum absolute atomic E-state index is 0.305. The van der Waals surface area contributed by atoms with Gasteiger partial charge in [0.2, 0.25) is 10.0 Å². The summed E-state index contributed by atoms with van der Waals surface area (Å²) in [6, 6.07) is 5.91. The summed E-state index contributed by atoms with van der Waals surface area (Å²) in [5.41, 5.74) is 5.52. The zero-order valence-corrected chi connectivity index (χ0v) is 21.4. The van der Waals surface area contributed by atoms with Crippen LogP contribution in [0.4, 0.5) is 0 Å². The summed E-state index contributed by atoms with van der Waals surface area (Å²) in [4.78, 5) is 2.85. The first-order valence-electron chi connectivity index (χ1n) is 11.5. The Bertz CT molecular complexity index is 1150. The van der Waals surface area contributed by atoms with Crippen molar-refractivity contribution in [3.8, 4) is 11.5 Å². The molecule has 2 aliphatic rings. The number of hydrogen-bond acceptors (Lipinski definition) is 5. The van der Waals surface area contributed by atoms with Crippen LogP contribution in [0.5, 0.6) is 11.5 Å². The van der Waals surface area contributed by atoms with Crippen molar-refractivity contribution in [2.75, 3.05) is 33.9 Å². The van der Waals surface area contributed by atoms with Gasteiger partial charge in [0.15, 0.2) is 11.5 Å². The number of rotatable bonds is 9. The van der Waals surface area contributed by atoms with Gasteiger partial charge in [0.05, 0.1) is 19.1 Å². The van der Waals surface area contributed by atoms with E-state index >= 15 is 0 Å². The third kappa shape index (κ3) is 4.74. The molecule has 0 amide bonds. The van der Waals surface area contributed by atoms with E-state index in [4.69, 9.17) is 21.1 Å². The number of benzene rings is 2. The summed E-state index contributed by atoms with van der Waals surface area (Å²) in [6.07, 6.45) is 4.83. The van der Waals surface area contributed by atoms with Crippen molar-refractivity contribution in [3.05, 3.63) is 51.0 Å². The lowest BCUT2D eigenvalue weighted by Crippen LogP contribution is -2.35. The van der Waals surface area contributed by atoms with E-state index in [9.17, 15) is 8.42 Å². The Morgan fingerprint density at radius 1 is 1.09 bits per heavy atom. The Morgan fingerprint density at radius 3 is 2.61 bits per heavy atom. The lowest BCUT2D eigenvalue weighted by atomic mass is 9.92. The Labute approximate surface area is 202 Å². The quantitative estimate of drug-likeness (QED) is 0.519. The molecule has 0 spiro atoms. The Kier molecular flexibility index (Phi) is 7.24. The van der Waals surface area contributed by atoms with E-state index < -0.39 is 10.0 Å². The summed E-state index contributed by atoms with van der Waals surface area (Å²) in [7, 11) is -0.137. The van der Waals surface area contributed by atoms with Crippen LogP contribution in [0.1, 0.15) is 53.1 Å². The summed E-state index contributed by atoms with van der Waals surface area (Å²) < 4.78 is 39.5. The van der Waals surface area contributed by atoms with Crippen LogP contribution in [0.2, 0.25) is 5.02 Å². The Hall–Kier alpha value is -1.80. The molecule has 6 nitrogen and oxygen atoms in total. The van der Waals surface area contributed by atoms with E-state index in [2.05, 4.69) is 15.7 Å². The Balaban J connectivity index is 1.34. The third-order valence-electron chi connectivity index (χ3n) is 6.92.